The smallest absolute Gasteiger partial charge is 0.282 e. The van der Waals surface area contributed by atoms with Crippen LogP contribution in [0.25, 0.3) is 10.2 Å². The summed E-state index contributed by atoms with van der Waals surface area (Å²) in [6, 6.07) is 7.12. The van der Waals surface area contributed by atoms with E-state index in [1.54, 1.807) is 31.3 Å². The minimum absolute atomic E-state index is 0.161. The van der Waals surface area contributed by atoms with Gasteiger partial charge in [0.1, 0.15) is 17.3 Å². The molecular weight excluding hydrogens is 350 g/mol. The van der Waals surface area contributed by atoms with Crippen molar-refractivity contribution in [2.24, 2.45) is 5.10 Å². The van der Waals surface area contributed by atoms with E-state index in [1.807, 2.05) is 18.4 Å². The molecule has 2 heterocycles. The van der Waals surface area contributed by atoms with Crippen molar-refractivity contribution < 1.29 is 9.47 Å². The minimum Gasteiger partial charge on any atom is -0.490 e. The maximum Gasteiger partial charge on any atom is 0.282 e. The number of ether oxygens (including phenoxy) is 2. The third kappa shape index (κ3) is 3.60. The maximum absolute atomic E-state index is 12.5. The van der Waals surface area contributed by atoms with Crippen LogP contribution in [0, 0.1) is 19.3 Å². The lowest BCUT2D eigenvalue weighted by Crippen LogP contribution is -2.19. The molecule has 1 aromatic carbocycles. The molecular formula is C19H17N3O3S. The summed E-state index contributed by atoms with van der Waals surface area (Å²) in [6.45, 7) is 4.29. The summed E-state index contributed by atoms with van der Waals surface area (Å²) in [5.41, 5.74) is 0.572. The number of rotatable bonds is 6. The van der Waals surface area contributed by atoms with E-state index in [1.165, 1.54) is 16.0 Å². The van der Waals surface area contributed by atoms with Crippen LogP contribution in [0.5, 0.6) is 11.5 Å². The molecule has 0 aliphatic heterocycles. The number of hydrogen-bond acceptors (Lipinski definition) is 6. The quantitative estimate of drug-likeness (QED) is 0.496. The summed E-state index contributed by atoms with van der Waals surface area (Å²) in [5, 5.41) is 6.69. The molecule has 0 aliphatic carbocycles. The van der Waals surface area contributed by atoms with E-state index < -0.39 is 0 Å². The van der Waals surface area contributed by atoms with Gasteiger partial charge in [0.2, 0.25) is 0 Å². The van der Waals surface area contributed by atoms with Crippen LogP contribution in [0.4, 0.5) is 0 Å². The SMILES string of the molecule is C#CCOc1ccc(C=Nn2c(C)nc3sccc3c2=O)cc1OCC. The lowest BCUT2D eigenvalue weighted by molar-refractivity contribution is 0.299. The molecule has 0 amide bonds. The summed E-state index contributed by atoms with van der Waals surface area (Å²) in [6.07, 6.45) is 6.81. The van der Waals surface area contributed by atoms with Gasteiger partial charge in [0.25, 0.3) is 5.56 Å². The molecule has 0 saturated heterocycles. The van der Waals surface area contributed by atoms with E-state index in [0.29, 0.717) is 34.1 Å². The highest BCUT2D eigenvalue weighted by Crippen LogP contribution is 2.28. The van der Waals surface area contributed by atoms with Crippen LogP contribution in [0.1, 0.15) is 18.3 Å². The monoisotopic (exact) mass is 367 g/mol. The Morgan fingerprint density at radius 1 is 1.35 bits per heavy atom. The van der Waals surface area contributed by atoms with Gasteiger partial charge in [-0.05, 0) is 49.1 Å². The number of aryl methyl sites for hydroxylation is 1. The van der Waals surface area contributed by atoms with Crippen LogP contribution in [0.3, 0.4) is 0 Å². The van der Waals surface area contributed by atoms with Crippen molar-refractivity contribution in [1.82, 2.24) is 9.66 Å². The fourth-order valence-electron chi connectivity index (χ4n) is 2.38. The van der Waals surface area contributed by atoms with Crippen LogP contribution >= 0.6 is 11.3 Å². The average molecular weight is 367 g/mol. The highest BCUT2D eigenvalue weighted by Gasteiger charge is 2.09. The van der Waals surface area contributed by atoms with Crippen LogP contribution in [-0.4, -0.2) is 29.1 Å². The molecule has 2 aromatic heterocycles. The molecule has 3 rings (SSSR count). The van der Waals surface area contributed by atoms with Gasteiger partial charge < -0.3 is 9.47 Å². The van der Waals surface area contributed by atoms with E-state index in [0.717, 1.165) is 5.56 Å². The third-order valence-electron chi connectivity index (χ3n) is 3.54. The molecule has 26 heavy (non-hydrogen) atoms. The normalized spacial score (nSPS) is 11.0. The van der Waals surface area contributed by atoms with Crippen LogP contribution < -0.4 is 15.0 Å². The molecule has 0 bridgehead atoms. The van der Waals surface area contributed by atoms with Crippen molar-refractivity contribution in [2.75, 3.05) is 13.2 Å². The molecule has 0 spiro atoms. The zero-order chi connectivity index (χ0) is 18.5. The standard InChI is InChI=1S/C19H17N3O3S/c1-4-9-25-16-7-6-14(11-17(16)24-5-2)12-20-22-13(3)21-18-15(19(22)23)8-10-26-18/h1,6-8,10-12H,5,9H2,2-3H3. The second-order valence-corrected chi connectivity index (χ2v) is 6.19. The number of thiophene rings is 1. The Balaban J connectivity index is 1.94. The largest absolute Gasteiger partial charge is 0.490 e. The third-order valence-corrected chi connectivity index (χ3v) is 4.34. The van der Waals surface area contributed by atoms with Gasteiger partial charge in [0, 0.05) is 0 Å². The number of terminal acetylenes is 1. The number of aromatic nitrogens is 2. The Morgan fingerprint density at radius 3 is 2.96 bits per heavy atom. The zero-order valence-corrected chi connectivity index (χ0v) is 15.2. The van der Waals surface area contributed by atoms with Gasteiger partial charge in [0.05, 0.1) is 18.2 Å². The number of hydrogen-bond donors (Lipinski definition) is 0. The van der Waals surface area contributed by atoms with Crippen LogP contribution in [0.15, 0.2) is 39.5 Å². The van der Waals surface area contributed by atoms with E-state index in [4.69, 9.17) is 15.9 Å². The lowest BCUT2D eigenvalue weighted by atomic mass is 10.2. The van der Waals surface area contributed by atoms with Gasteiger partial charge in [-0.15, -0.1) is 17.8 Å². The summed E-state index contributed by atoms with van der Waals surface area (Å²) in [7, 11) is 0. The number of benzene rings is 1. The molecule has 132 valence electrons. The van der Waals surface area contributed by atoms with Crippen molar-refractivity contribution in [3.05, 3.63) is 51.4 Å². The second-order valence-electron chi connectivity index (χ2n) is 5.29. The van der Waals surface area contributed by atoms with Crippen molar-refractivity contribution in [3.63, 3.8) is 0 Å². The van der Waals surface area contributed by atoms with Gasteiger partial charge in [-0.25, -0.2) is 4.98 Å². The Hall–Kier alpha value is -3.11. The topological polar surface area (TPSA) is 65.7 Å². The Kier molecular flexibility index (Phi) is 5.34. The van der Waals surface area contributed by atoms with Gasteiger partial charge in [-0.2, -0.15) is 9.78 Å². The van der Waals surface area contributed by atoms with Crippen LogP contribution in [0.2, 0.25) is 0 Å². The van der Waals surface area contributed by atoms with Gasteiger partial charge in [0.15, 0.2) is 11.5 Å². The van der Waals surface area contributed by atoms with Crippen molar-refractivity contribution >= 4 is 27.8 Å². The van der Waals surface area contributed by atoms with E-state index >= 15 is 0 Å². The fraction of sp³-hybridized carbons (Fsp3) is 0.211. The molecule has 0 unspecified atom stereocenters. The first-order valence-electron chi connectivity index (χ1n) is 7.98. The first-order chi connectivity index (χ1) is 12.6. The molecule has 3 aromatic rings. The lowest BCUT2D eigenvalue weighted by Gasteiger charge is -2.10. The second kappa shape index (κ2) is 7.85. The molecule has 0 N–H and O–H groups in total. The van der Waals surface area contributed by atoms with Gasteiger partial charge in [-0.3, -0.25) is 4.79 Å². The zero-order valence-electron chi connectivity index (χ0n) is 14.4. The highest BCUT2D eigenvalue weighted by molar-refractivity contribution is 7.16. The average Bonchev–Trinajstić information content (AvgIpc) is 3.09. The Labute approximate surface area is 154 Å². The Morgan fingerprint density at radius 2 is 2.19 bits per heavy atom. The van der Waals surface area contributed by atoms with E-state index in [2.05, 4.69) is 16.0 Å². The number of nitrogens with zero attached hydrogens (tertiary/aromatic N) is 3. The first kappa shape index (κ1) is 17.7. The molecule has 0 atom stereocenters. The molecule has 0 radical (unpaired) electrons. The maximum atomic E-state index is 12.5. The summed E-state index contributed by atoms with van der Waals surface area (Å²) < 4.78 is 12.3. The van der Waals surface area contributed by atoms with E-state index in [9.17, 15) is 4.79 Å². The molecule has 7 heteroatoms. The van der Waals surface area contributed by atoms with E-state index in [-0.39, 0.29) is 12.2 Å². The van der Waals surface area contributed by atoms with Crippen molar-refractivity contribution in [2.45, 2.75) is 13.8 Å². The summed E-state index contributed by atoms with van der Waals surface area (Å²) in [4.78, 5) is 17.6. The predicted octanol–water partition coefficient (Wildman–Crippen LogP) is 3.06. The van der Waals surface area contributed by atoms with Gasteiger partial charge in [-0.1, -0.05) is 5.92 Å². The minimum atomic E-state index is -0.191. The van der Waals surface area contributed by atoms with Gasteiger partial charge >= 0.3 is 0 Å². The van der Waals surface area contributed by atoms with Crippen LogP contribution in [-0.2, 0) is 0 Å². The Bertz CT molecular complexity index is 1060. The molecule has 0 fully saturated rings. The number of fused-ring (bicyclic) bond motifs is 1. The van der Waals surface area contributed by atoms with Crippen molar-refractivity contribution in [3.8, 4) is 23.8 Å². The fourth-order valence-corrected chi connectivity index (χ4v) is 3.18. The predicted molar refractivity (Wildman–Crippen MR) is 104 cm³/mol. The van der Waals surface area contributed by atoms with Crippen molar-refractivity contribution in [1.29, 1.82) is 0 Å². The molecule has 6 nitrogen and oxygen atoms in total. The summed E-state index contributed by atoms with van der Waals surface area (Å²) in [5.74, 6) is 4.09. The highest BCUT2D eigenvalue weighted by atomic mass is 32.1. The molecule has 0 aliphatic rings. The first-order valence-corrected chi connectivity index (χ1v) is 8.86. The summed E-state index contributed by atoms with van der Waals surface area (Å²) >= 11 is 1.43. The molecule has 0 saturated carbocycles.